The molecule has 0 spiro atoms. The average molecular weight is 299 g/mol. The summed E-state index contributed by atoms with van der Waals surface area (Å²) in [5.74, 6) is 1.84. The highest BCUT2D eigenvalue weighted by Crippen LogP contribution is 2.17. The minimum atomic E-state index is -2.88. The first kappa shape index (κ1) is 15.0. The van der Waals surface area contributed by atoms with Crippen LogP contribution in [0.4, 0.5) is 11.6 Å². The highest BCUT2D eigenvalue weighted by Gasteiger charge is 2.27. The number of anilines is 2. The van der Waals surface area contributed by atoms with Crippen LogP contribution in [0.5, 0.6) is 0 Å². The Morgan fingerprint density at radius 1 is 1.35 bits per heavy atom. The number of nitrogens with zero attached hydrogens (tertiary/aromatic N) is 3. The third-order valence-electron chi connectivity index (χ3n) is 3.12. The second-order valence-corrected chi connectivity index (χ2v) is 7.49. The van der Waals surface area contributed by atoms with Gasteiger partial charge in [-0.05, 0) is 20.5 Å². The highest BCUT2D eigenvalue weighted by molar-refractivity contribution is 7.91. The van der Waals surface area contributed by atoms with E-state index in [0.717, 1.165) is 18.9 Å². The molecular weight excluding hydrogens is 278 g/mol. The Hall–Kier alpha value is -1.41. The smallest absolute Gasteiger partial charge is 0.152 e. The summed E-state index contributed by atoms with van der Waals surface area (Å²) >= 11 is 0. The molecule has 2 rings (SSSR count). The Bertz CT molecular complexity index is 547. The molecule has 20 heavy (non-hydrogen) atoms. The Labute approximate surface area is 119 Å². The minimum absolute atomic E-state index is 0.0514. The number of sulfone groups is 1. The van der Waals surface area contributed by atoms with Crippen molar-refractivity contribution in [3.8, 4) is 0 Å². The molecule has 0 aromatic carbocycles. The summed E-state index contributed by atoms with van der Waals surface area (Å²) in [6.07, 6.45) is 2.11. The van der Waals surface area contributed by atoms with Crippen molar-refractivity contribution in [2.45, 2.75) is 12.5 Å². The Morgan fingerprint density at radius 3 is 2.75 bits per heavy atom. The van der Waals surface area contributed by atoms with Gasteiger partial charge in [-0.2, -0.15) is 0 Å². The predicted octanol–water partition coefficient (Wildman–Crippen LogP) is 0.0491. The first-order valence-electron chi connectivity index (χ1n) is 6.62. The van der Waals surface area contributed by atoms with Gasteiger partial charge >= 0.3 is 0 Å². The zero-order valence-corrected chi connectivity index (χ0v) is 12.7. The number of likely N-dealkylation sites (N-methyl/N-ethyl adjacent to an activating group) is 1. The van der Waals surface area contributed by atoms with E-state index in [1.54, 1.807) is 6.07 Å². The van der Waals surface area contributed by atoms with Crippen LogP contribution in [0.1, 0.15) is 6.42 Å². The van der Waals surface area contributed by atoms with Gasteiger partial charge in [-0.3, -0.25) is 0 Å². The third-order valence-corrected chi connectivity index (χ3v) is 4.88. The molecule has 1 aromatic rings. The summed E-state index contributed by atoms with van der Waals surface area (Å²) < 4.78 is 22.8. The molecule has 8 heteroatoms. The van der Waals surface area contributed by atoms with Gasteiger partial charge in [0.2, 0.25) is 0 Å². The van der Waals surface area contributed by atoms with Crippen molar-refractivity contribution in [1.82, 2.24) is 14.9 Å². The number of aromatic nitrogens is 2. The van der Waals surface area contributed by atoms with Crippen LogP contribution < -0.4 is 10.6 Å². The van der Waals surface area contributed by atoms with E-state index in [-0.39, 0.29) is 17.5 Å². The molecule has 0 amide bonds. The molecule has 1 aliphatic heterocycles. The molecule has 0 aliphatic carbocycles. The van der Waals surface area contributed by atoms with E-state index in [0.29, 0.717) is 12.2 Å². The topological polar surface area (TPSA) is 87.2 Å². The Balaban J connectivity index is 1.89. The molecular formula is C12H21N5O2S. The van der Waals surface area contributed by atoms with Gasteiger partial charge in [-0.15, -0.1) is 0 Å². The quantitative estimate of drug-likeness (QED) is 0.767. The SMILES string of the molecule is CN(C)CCNc1cc(NC2CCS(=O)(=O)C2)ncn1. The molecule has 1 fully saturated rings. The summed E-state index contributed by atoms with van der Waals surface area (Å²) in [7, 11) is 1.14. The molecule has 1 aliphatic rings. The van der Waals surface area contributed by atoms with Gasteiger partial charge in [0, 0.05) is 25.2 Å². The van der Waals surface area contributed by atoms with Gasteiger partial charge < -0.3 is 15.5 Å². The molecule has 2 N–H and O–H groups in total. The second-order valence-electron chi connectivity index (χ2n) is 5.26. The normalized spacial score (nSPS) is 21.1. The van der Waals surface area contributed by atoms with Crippen LogP contribution in [0, 0.1) is 0 Å². The van der Waals surface area contributed by atoms with E-state index in [1.165, 1.54) is 6.33 Å². The average Bonchev–Trinajstić information content (AvgIpc) is 2.68. The van der Waals surface area contributed by atoms with Crippen LogP contribution in [0.3, 0.4) is 0 Å². The molecule has 1 saturated heterocycles. The maximum absolute atomic E-state index is 11.4. The van der Waals surface area contributed by atoms with E-state index >= 15 is 0 Å². The van der Waals surface area contributed by atoms with Crippen LogP contribution in [-0.4, -0.2) is 68.0 Å². The van der Waals surface area contributed by atoms with Gasteiger partial charge in [0.15, 0.2) is 9.84 Å². The lowest BCUT2D eigenvalue weighted by atomic mass is 10.2. The van der Waals surface area contributed by atoms with Crippen LogP contribution >= 0.6 is 0 Å². The van der Waals surface area contributed by atoms with Gasteiger partial charge in [0.25, 0.3) is 0 Å². The lowest BCUT2D eigenvalue weighted by Gasteiger charge is -2.13. The first-order valence-corrected chi connectivity index (χ1v) is 8.44. The van der Waals surface area contributed by atoms with Gasteiger partial charge in [0.05, 0.1) is 11.5 Å². The maximum Gasteiger partial charge on any atom is 0.152 e. The summed E-state index contributed by atoms with van der Waals surface area (Å²) in [6.45, 7) is 1.70. The lowest BCUT2D eigenvalue weighted by molar-refractivity contribution is 0.425. The molecule has 7 nitrogen and oxygen atoms in total. The number of hydrogen-bond donors (Lipinski definition) is 2. The highest BCUT2D eigenvalue weighted by atomic mass is 32.2. The minimum Gasteiger partial charge on any atom is -0.369 e. The predicted molar refractivity (Wildman–Crippen MR) is 79.8 cm³/mol. The van der Waals surface area contributed by atoms with Gasteiger partial charge in [-0.1, -0.05) is 0 Å². The fraction of sp³-hybridized carbons (Fsp3) is 0.667. The van der Waals surface area contributed by atoms with Crippen molar-refractivity contribution in [2.24, 2.45) is 0 Å². The zero-order chi connectivity index (χ0) is 14.6. The molecule has 1 atom stereocenters. The van der Waals surface area contributed by atoms with Crippen LogP contribution in [-0.2, 0) is 9.84 Å². The molecule has 1 aromatic heterocycles. The molecule has 1 unspecified atom stereocenters. The summed E-state index contributed by atoms with van der Waals surface area (Å²) in [5.41, 5.74) is 0. The fourth-order valence-electron chi connectivity index (χ4n) is 2.06. The van der Waals surface area contributed by atoms with Crippen molar-refractivity contribution in [1.29, 1.82) is 0 Å². The van der Waals surface area contributed by atoms with E-state index in [2.05, 4.69) is 25.5 Å². The van der Waals surface area contributed by atoms with Gasteiger partial charge in [0.1, 0.15) is 18.0 Å². The zero-order valence-electron chi connectivity index (χ0n) is 11.8. The fourth-order valence-corrected chi connectivity index (χ4v) is 3.73. The number of hydrogen-bond acceptors (Lipinski definition) is 7. The van der Waals surface area contributed by atoms with Crippen molar-refractivity contribution < 1.29 is 8.42 Å². The van der Waals surface area contributed by atoms with E-state index in [9.17, 15) is 8.42 Å². The second kappa shape index (κ2) is 6.36. The van der Waals surface area contributed by atoms with Crippen molar-refractivity contribution >= 4 is 21.5 Å². The van der Waals surface area contributed by atoms with E-state index in [1.807, 2.05) is 14.1 Å². The lowest BCUT2D eigenvalue weighted by Crippen LogP contribution is -2.22. The van der Waals surface area contributed by atoms with E-state index < -0.39 is 9.84 Å². The first-order chi connectivity index (χ1) is 9.44. The molecule has 112 valence electrons. The summed E-state index contributed by atoms with van der Waals surface area (Å²) in [6, 6.07) is 1.75. The van der Waals surface area contributed by atoms with E-state index in [4.69, 9.17) is 0 Å². The molecule has 0 saturated carbocycles. The van der Waals surface area contributed by atoms with Crippen LogP contribution in [0.2, 0.25) is 0 Å². The third kappa shape index (κ3) is 4.61. The molecule has 2 heterocycles. The Kier molecular flexibility index (Phi) is 4.77. The number of nitrogens with one attached hydrogen (secondary N) is 2. The largest absolute Gasteiger partial charge is 0.369 e. The van der Waals surface area contributed by atoms with Crippen LogP contribution in [0.25, 0.3) is 0 Å². The number of rotatable bonds is 6. The summed E-state index contributed by atoms with van der Waals surface area (Å²) in [5, 5.41) is 6.36. The summed E-state index contributed by atoms with van der Waals surface area (Å²) in [4.78, 5) is 10.3. The molecule has 0 radical (unpaired) electrons. The van der Waals surface area contributed by atoms with Crippen LogP contribution in [0.15, 0.2) is 12.4 Å². The van der Waals surface area contributed by atoms with Crippen molar-refractivity contribution in [3.05, 3.63) is 12.4 Å². The van der Waals surface area contributed by atoms with Gasteiger partial charge in [-0.25, -0.2) is 18.4 Å². The Morgan fingerprint density at radius 2 is 2.10 bits per heavy atom. The maximum atomic E-state index is 11.4. The monoisotopic (exact) mass is 299 g/mol. The van der Waals surface area contributed by atoms with Crippen molar-refractivity contribution in [3.63, 3.8) is 0 Å². The standard InChI is InChI=1S/C12H21N5O2S/c1-17(2)5-4-13-11-7-12(15-9-14-11)16-10-3-6-20(18,19)8-10/h7,9-10H,3-6,8H2,1-2H3,(H2,13,14,15,16). The van der Waals surface area contributed by atoms with Crippen molar-refractivity contribution in [2.75, 3.05) is 49.3 Å². The molecule has 0 bridgehead atoms.